The third-order valence-corrected chi connectivity index (χ3v) is 1.39. The van der Waals surface area contributed by atoms with Crippen molar-refractivity contribution >= 4 is 28.9 Å². The molecule has 0 unspecified atom stereocenters. The molecule has 1 rings (SSSR count). The number of amides is 1. The standard InChI is InChI=1S/C6H6N2OS/c1-3-4(2)7-6(10)8-5(3)9/h1H2,2H3,(H,8,9,10). The highest BCUT2D eigenvalue weighted by Gasteiger charge is 2.16. The Morgan fingerprint density at radius 3 is 2.80 bits per heavy atom. The number of thiocarbonyl (C=S) groups is 1. The molecule has 0 aromatic heterocycles. The van der Waals surface area contributed by atoms with E-state index < -0.39 is 0 Å². The van der Waals surface area contributed by atoms with Crippen LogP contribution in [0.2, 0.25) is 0 Å². The van der Waals surface area contributed by atoms with Gasteiger partial charge >= 0.3 is 0 Å². The third kappa shape index (κ3) is 1.11. The molecule has 1 N–H and O–H groups in total. The highest BCUT2D eigenvalue weighted by molar-refractivity contribution is 7.80. The molecule has 0 radical (unpaired) electrons. The second-order valence-corrected chi connectivity index (χ2v) is 2.32. The maximum absolute atomic E-state index is 10.8. The van der Waals surface area contributed by atoms with E-state index in [0.717, 1.165) is 0 Å². The zero-order chi connectivity index (χ0) is 7.72. The van der Waals surface area contributed by atoms with E-state index >= 15 is 0 Å². The lowest BCUT2D eigenvalue weighted by Crippen LogP contribution is -2.35. The summed E-state index contributed by atoms with van der Waals surface area (Å²) >= 11 is 4.65. The maximum atomic E-state index is 10.8. The lowest BCUT2D eigenvalue weighted by Gasteiger charge is -2.11. The predicted octanol–water partition coefficient (Wildman–Crippen LogP) is 0.418. The van der Waals surface area contributed by atoms with E-state index in [9.17, 15) is 4.79 Å². The van der Waals surface area contributed by atoms with E-state index in [4.69, 9.17) is 0 Å². The Morgan fingerprint density at radius 1 is 1.70 bits per heavy atom. The molecule has 0 aliphatic carbocycles. The zero-order valence-corrected chi connectivity index (χ0v) is 6.29. The van der Waals surface area contributed by atoms with Gasteiger partial charge in [-0.15, -0.1) is 0 Å². The molecule has 1 heterocycles. The summed E-state index contributed by atoms with van der Waals surface area (Å²) in [6, 6.07) is 0. The van der Waals surface area contributed by atoms with E-state index in [2.05, 4.69) is 29.1 Å². The lowest BCUT2D eigenvalue weighted by atomic mass is 10.2. The summed E-state index contributed by atoms with van der Waals surface area (Å²) in [4.78, 5) is 14.7. The Bertz CT molecular complexity index is 254. The summed E-state index contributed by atoms with van der Waals surface area (Å²) in [6.45, 7) is 5.21. The molecule has 0 aromatic carbocycles. The average molecular weight is 154 g/mol. The third-order valence-electron chi connectivity index (χ3n) is 1.20. The highest BCUT2D eigenvalue weighted by atomic mass is 32.1. The molecule has 3 nitrogen and oxygen atoms in total. The van der Waals surface area contributed by atoms with Gasteiger partial charge in [0.2, 0.25) is 0 Å². The smallest absolute Gasteiger partial charge is 0.258 e. The fourth-order valence-electron chi connectivity index (χ4n) is 0.585. The Hall–Kier alpha value is -1.03. The number of hydrogen-bond donors (Lipinski definition) is 1. The van der Waals surface area contributed by atoms with Crippen molar-refractivity contribution in [3.8, 4) is 0 Å². The fraction of sp³-hybridized carbons (Fsp3) is 0.167. The van der Waals surface area contributed by atoms with Gasteiger partial charge in [-0.05, 0) is 19.1 Å². The molecule has 0 saturated heterocycles. The number of rotatable bonds is 0. The van der Waals surface area contributed by atoms with E-state index in [1.165, 1.54) is 0 Å². The van der Waals surface area contributed by atoms with Gasteiger partial charge < -0.3 is 0 Å². The molecule has 0 saturated carbocycles. The van der Waals surface area contributed by atoms with Crippen molar-refractivity contribution in [3.63, 3.8) is 0 Å². The molecule has 52 valence electrons. The van der Waals surface area contributed by atoms with Crippen LogP contribution < -0.4 is 5.32 Å². The van der Waals surface area contributed by atoms with E-state index in [1.54, 1.807) is 6.92 Å². The molecule has 0 fully saturated rings. The highest BCUT2D eigenvalue weighted by Crippen LogP contribution is 2.01. The van der Waals surface area contributed by atoms with Crippen LogP contribution in [-0.4, -0.2) is 16.7 Å². The Morgan fingerprint density at radius 2 is 2.30 bits per heavy atom. The predicted molar refractivity (Wildman–Crippen MR) is 43.0 cm³/mol. The molecule has 10 heavy (non-hydrogen) atoms. The van der Waals surface area contributed by atoms with Crippen molar-refractivity contribution in [1.82, 2.24) is 5.32 Å². The molecule has 0 aromatic rings. The van der Waals surface area contributed by atoms with Gasteiger partial charge in [-0.1, -0.05) is 6.58 Å². The molecular weight excluding hydrogens is 148 g/mol. The minimum atomic E-state index is -0.252. The summed E-state index contributed by atoms with van der Waals surface area (Å²) in [5.41, 5.74) is 0.974. The van der Waals surface area contributed by atoms with E-state index in [1.807, 2.05) is 0 Å². The van der Waals surface area contributed by atoms with Crippen LogP contribution in [0.15, 0.2) is 17.1 Å². The van der Waals surface area contributed by atoms with Gasteiger partial charge in [-0.3, -0.25) is 10.1 Å². The first-order valence-corrected chi connectivity index (χ1v) is 3.12. The normalized spacial score (nSPS) is 18.5. The van der Waals surface area contributed by atoms with Crippen LogP contribution in [0.1, 0.15) is 6.92 Å². The van der Waals surface area contributed by atoms with Crippen LogP contribution in [0.4, 0.5) is 0 Å². The van der Waals surface area contributed by atoms with Crippen molar-refractivity contribution in [2.24, 2.45) is 4.99 Å². The quantitative estimate of drug-likeness (QED) is 0.406. The maximum Gasteiger partial charge on any atom is 0.258 e. The van der Waals surface area contributed by atoms with Gasteiger partial charge in [0, 0.05) is 0 Å². The van der Waals surface area contributed by atoms with Crippen LogP contribution in [0.25, 0.3) is 0 Å². The molecule has 1 aliphatic heterocycles. The minimum absolute atomic E-state index is 0.218. The van der Waals surface area contributed by atoms with E-state index in [-0.39, 0.29) is 11.0 Å². The Kier molecular flexibility index (Phi) is 1.63. The monoisotopic (exact) mass is 154 g/mol. The van der Waals surface area contributed by atoms with Crippen molar-refractivity contribution in [2.75, 3.05) is 0 Å². The number of carbonyl (C=O) groups excluding carboxylic acids is 1. The molecule has 1 amide bonds. The SMILES string of the molecule is C=C1C(=O)NC(=S)N=C1C. The topological polar surface area (TPSA) is 41.5 Å². The molecule has 1 aliphatic rings. The van der Waals surface area contributed by atoms with Crippen LogP contribution in [0, 0.1) is 0 Å². The summed E-state index contributed by atoms with van der Waals surface area (Å²) in [5, 5.41) is 2.58. The number of nitrogens with one attached hydrogen (secondary N) is 1. The second kappa shape index (κ2) is 2.30. The summed E-state index contributed by atoms with van der Waals surface area (Å²) in [6.07, 6.45) is 0. The van der Waals surface area contributed by atoms with Gasteiger partial charge in [0.15, 0.2) is 5.11 Å². The minimum Gasteiger partial charge on any atom is -0.297 e. The van der Waals surface area contributed by atoms with Crippen LogP contribution >= 0.6 is 12.2 Å². The van der Waals surface area contributed by atoms with Crippen LogP contribution in [0.5, 0.6) is 0 Å². The van der Waals surface area contributed by atoms with Crippen molar-refractivity contribution in [2.45, 2.75) is 6.92 Å². The second-order valence-electron chi connectivity index (χ2n) is 1.94. The first-order valence-electron chi connectivity index (χ1n) is 2.71. The Labute approximate surface area is 63.8 Å². The number of carbonyl (C=O) groups is 1. The zero-order valence-electron chi connectivity index (χ0n) is 5.47. The van der Waals surface area contributed by atoms with Gasteiger partial charge in [-0.2, -0.15) is 0 Å². The molecule has 0 atom stereocenters. The fourth-order valence-corrected chi connectivity index (χ4v) is 0.814. The summed E-state index contributed by atoms with van der Waals surface area (Å²) in [7, 11) is 0. The number of aliphatic imine (C=N–C) groups is 1. The lowest BCUT2D eigenvalue weighted by molar-refractivity contribution is -0.115. The van der Waals surface area contributed by atoms with Crippen molar-refractivity contribution in [1.29, 1.82) is 0 Å². The molecule has 0 bridgehead atoms. The first kappa shape index (κ1) is 7.08. The summed E-state index contributed by atoms with van der Waals surface area (Å²) in [5.74, 6) is -0.252. The summed E-state index contributed by atoms with van der Waals surface area (Å²) < 4.78 is 0. The largest absolute Gasteiger partial charge is 0.297 e. The molecular formula is C6H6N2OS. The van der Waals surface area contributed by atoms with Gasteiger partial charge in [0.05, 0.1) is 11.3 Å². The van der Waals surface area contributed by atoms with Crippen molar-refractivity contribution in [3.05, 3.63) is 12.2 Å². The van der Waals surface area contributed by atoms with Crippen LogP contribution in [-0.2, 0) is 4.79 Å². The van der Waals surface area contributed by atoms with Crippen molar-refractivity contribution < 1.29 is 4.79 Å². The number of nitrogens with zero attached hydrogens (tertiary/aromatic N) is 1. The average Bonchev–Trinajstić information content (AvgIpc) is 1.82. The van der Waals surface area contributed by atoms with Crippen LogP contribution in [0.3, 0.4) is 0 Å². The molecule has 4 heteroatoms. The molecule has 0 spiro atoms. The Balaban J connectivity index is 3.03. The number of hydrogen-bond acceptors (Lipinski definition) is 2. The first-order chi connectivity index (χ1) is 4.61. The van der Waals surface area contributed by atoms with Gasteiger partial charge in [0.25, 0.3) is 5.91 Å². The van der Waals surface area contributed by atoms with E-state index in [0.29, 0.717) is 11.3 Å². The van der Waals surface area contributed by atoms with Gasteiger partial charge in [0.1, 0.15) is 0 Å². The van der Waals surface area contributed by atoms with Gasteiger partial charge in [-0.25, -0.2) is 4.99 Å².